The Balaban J connectivity index is 2.71. The Bertz CT molecular complexity index is 475. The standard InChI is InChI=1S/C13H16BrF2NO3/c1-13(2,3)20-12(18)17-7-8-6-9(14)4-5-10(8)19-11(15)16/h4-6,11H,7H2,1-3H3,(H,17,18). The Morgan fingerprint density at radius 3 is 2.60 bits per heavy atom. The first-order valence-electron chi connectivity index (χ1n) is 5.87. The summed E-state index contributed by atoms with van der Waals surface area (Å²) in [6.45, 7) is 2.30. The number of carbonyl (C=O) groups is 1. The lowest BCUT2D eigenvalue weighted by Gasteiger charge is -2.20. The van der Waals surface area contributed by atoms with Crippen molar-refractivity contribution in [1.82, 2.24) is 5.32 Å². The number of benzene rings is 1. The van der Waals surface area contributed by atoms with Crippen LogP contribution in [0, 0.1) is 0 Å². The Hall–Kier alpha value is -1.37. The molecule has 0 heterocycles. The highest BCUT2D eigenvalue weighted by atomic mass is 79.9. The number of nitrogens with one attached hydrogen (secondary N) is 1. The van der Waals surface area contributed by atoms with Crippen LogP contribution in [0.3, 0.4) is 0 Å². The highest BCUT2D eigenvalue weighted by Crippen LogP contribution is 2.24. The molecule has 0 atom stereocenters. The second kappa shape index (κ2) is 6.88. The van der Waals surface area contributed by atoms with Crippen LogP contribution in [-0.2, 0) is 11.3 Å². The van der Waals surface area contributed by atoms with E-state index in [0.29, 0.717) is 10.0 Å². The van der Waals surface area contributed by atoms with Gasteiger partial charge in [0.1, 0.15) is 11.4 Å². The van der Waals surface area contributed by atoms with Gasteiger partial charge in [-0.05, 0) is 39.0 Å². The molecule has 7 heteroatoms. The van der Waals surface area contributed by atoms with Gasteiger partial charge in [-0.1, -0.05) is 15.9 Å². The van der Waals surface area contributed by atoms with Gasteiger partial charge in [0.2, 0.25) is 0 Å². The zero-order valence-corrected chi connectivity index (χ0v) is 13.0. The van der Waals surface area contributed by atoms with Gasteiger partial charge >= 0.3 is 12.7 Å². The average molecular weight is 352 g/mol. The van der Waals surface area contributed by atoms with Gasteiger partial charge in [0.05, 0.1) is 0 Å². The molecule has 1 aromatic carbocycles. The van der Waals surface area contributed by atoms with Crippen LogP contribution in [0.25, 0.3) is 0 Å². The molecule has 0 aromatic heterocycles. The van der Waals surface area contributed by atoms with Gasteiger partial charge in [-0.2, -0.15) is 8.78 Å². The SMILES string of the molecule is CC(C)(C)OC(=O)NCc1cc(Br)ccc1OC(F)F. The molecular weight excluding hydrogens is 336 g/mol. The van der Waals surface area contributed by atoms with E-state index < -0.39 is 18.3 Å². The maximum atomic E-state index is 12.3. The summed E-state index contributed by atoms with van der Waals surface area (Å²) >= 11 is 3.23. The van der Waals surface area contributed by atoms with Crippen molar-refractivity contribution in [2.75, 3.05) is 0 Å². The molecule has 20 heavy (non-hydrogen) atoms. The Morgan fingerprint density at radius 1 is 1.40 bits per heavy atom. The molecule has 1 rings (SSSR count). The third-order valence-corrected chi connectivity index (χ3v) is 2.55. The predicted molar refractivity (Wildman–Crippen MR) is 73.8 cm³/mol. The summed E-state index contributed by atoms with van der Waals surface area (Å²) in [6.07, 6.45) is -0.625. The van der Waals surface area contributed by atoms with Crippen LogP contribution in [0.15, 0.2) is 22.7 Å². The topological polar surface area (TPSA) is 47.6 Å². The second-order valence-electron chi connectivity index (χ2n) is 4.99. The number of hydrogen-bond acceptors (Lipinski definition) is 3. The van der Waals surface area contributed by atoms with Crippen LogP contribution >= 0.6 is 15.9 Å². The lowest BCUT2D eigenvalue weighted by atomic mass is 10.2. The van der Waals surface area contributed by atoms with E-state index in [1.54, 1.807) is 32.9 Å². The number of ether oxygens (including phenoxy) is 2. The summed E-state index contributed by atoms with van der Waals surface area (Å²) < 4.78 is 34.7. The molecule has 0 radical (unpaired) electrons. The van der Waals surface area contributed by atoms with Crippen molar-refractivity contribution in [3.05, 3.63) is 28.2 Å². The van der Waals surface area contributed by atoms with E-state index in [9.17, 15) is 13.6 Å². The number of alkyl halides is 2. The van der Waals surface area contributed by atoms with Crippen molar-refractivity contribution in [2.24, 2.45) is 0 Å². The molecule has 0 bridgehead atoms. The van der Waals surface area contributed by atoms with Crippen LogP contribution < -0.4 is 10.1 Å². The van der Waals surface area contributed by atoms with Gasteiger partial charge in [0.15, 0.2) is 0 Å². The molecule has 0 saturated heterocycles. The van der Waals surface area contributed by atoms with E-state index in [1.165, 1.54) is 6.07 Å². The normalized spacial score (nSPS) is 11.3. The van der Waals surface area contributed by atoms with E-state index in [4.69, 9.17) is 4.74 Å². The van der Waals surface area contributed by atoms with E-state index in [-0.39, 0.29) is 12.3 Å². The first-order chi connectivity index (χ1) is 9.17. The summed E-state index contributed by atoms with van der Waals surface area (Å²) in [6, 6.07) is 4.58. The van der Waals surface area contributed by atoms with Crippen molar-refractivity contribution >= 4 is 22.0 Å². The highest BCUT2D eigenvalue weighted by Gasteiger charge is 2.17. The zero-order valence-electron chi connectivity index (χ0n) is 11.4. The number of carbonyl (C=O) groups excluding carboxylic acids is 1. The molecule has 0 unspecified atom stereocenters. The molecule has 0 aliphatic carbocycles. The number of halogens is 3. The number of amides is 1. The van der Waals surface area contributed by atoms with E-state index >= 15 is 0 Å². The van der Waals surface area contributed by atoms with Crippen LogP contribution in [0.4, 0.5) is 13.6 Å². The van der Waals surface area contributed by atoms with E-state index in [1.807, 2.05) is 0 Å². The molecule has 0 spiro atoms. The fraction of sp³-hybridized carbons (Fsp3) is 0.462. The second-order valence-corrected chi connectivity index (χ2v) is 5.90. The van der Waals surface area contributed by atoms with Crippen molar-refractivity contribution in [2.45, 2.75) is 39.5 Å². The summed E-state index contributed by atoms with van der Waals surface area (Å²) in [5, 5.41) is 2.49. The highest BCUT2D eigenvalue weighted by molar-refractivity contribution is 9.10. The Kier molecular flexibility index (Phi) is 5.74. The van der Waals surface area contributed by atoms with Gasteiger partial charge in [0.25, 0.3) is 0 Å². The number of alkyl carbamates (subject to hydrolysis) is 1. The van der Waals surface area contributed by atoms with Crippen LogP contribution in [0.2, 0.25) is 0 Å². The maximum absolute atomic E-state index is 12.3. The average Bonchev–Trinajstić information content (AvgIpc) is 2.26. The summed E-state index contributed by atoms with van der Waals surface area (Å²) in [5.41, 5.74) is -0.200. The minimum atomic E-state index is -2.92. The van der Waals surface area contributed by atoms with Crippen molar-refractivity contribution in [3.63, 3.8) is 0 Å². The number of hydrogen-bond donors (Lipinski definition) is 1. The molecule has 4 nitrogen and oxygen atoms in total. The minimum Gasteiger partial charge on any atom is -0.444 e. The largest absolute Gasteiger partial charge is 0.444 e. The molecule has 0 aliphatic rings. The molecule has 1 aromatic rings. The van der Waals surface area contributed by atoms with Crippen molar-refractivity contribution in [3.8, 4) is 5.75 Å². The van der Waals surface area contributed by atoms with Crippen LogP contribution in [0.5, 0.6) is 5.75 Å². The monoisotopic (exact) mass is 351 g/mol. The summed E-state index contributed by atoms with van der Waals surface area (Å²) in [4.78, 5) is 11.5. The molecule has 1 N–H and O–H groups in total. The van der Waals surface area contributed by atoms with Gasteiger partial charge in [-0.25, -0.2) is 4.79 Å². The van der Waals surface area contributed by atoms with Gasteiger partial charge < -0.3 is 14.8 Å². The van der Waals surface area contributed by atoms with Gasteiger partial charge in [0, 0.05) is 16.6 Å². The third kappa shape index (κ3) is 6.18. The molecule has 0 fully saturated rings. The minimum absolute atomic E-state index is 0.0132. The Labute approximate surface area is 124 Å². The lowest BCUT2D eigenvalue weighted by molar-refractivity contribution is -0.0504. The first kappa shape index (κ1) is 16.7. The zero-order chi connectivity index (χ0) is 15.3. The molecule has 0 saturated carbocycles. The van der Waals surface area contributed by atoms with Gasteiger partial charge in [-0.3, -0.25) is 0 Å². The fourth-order valence-corrected chi connectivity index (χ4v) is 1.79. The van der Waals surface area contributed by atoms with Crippen molar-refractivity contribution < 1.29 is 23.0 Å². The third-order valence-electron chi connectivity index (χ3n) is 2.06. The maximum Gasteiger partial charge on any atom is 0.407 e. The molecule has 0 aliphatic heterocycles. The predicted octanol–water partition coefficient (Wildman–Crippen LogP) is 4.08. The molecule has 112 valence electrons. The van der Waals surface area contributed by atoms with Gasteiger partial charge in [-0.15, -0.1) is 0 Å². The van der Waals surface area contributed by atoms with Crippen LogP contribution in [0.1, 0.15) is 26.3 Å². The smallest absolute Gasteiger partial charge is 0.407 e. The Morgan fingerprint density at radius 2 is 2.05 bits per heavy atom. The lowest BCUT2D eigenvalue weighted by Crippen LogP contribution is -2.32. The van der Waals surface area contributed by atoms with E-state index in [2.05, 4.69) is 26.0 Å². The summed E-state index contributed by atoms with van der Waals surface area (Å²) in [5.74, 6) is 0.0132. The molecule has 1 amide bonds. The first-order valence-corrected chi connectivity index (χ1v) is 6.67. The number of rotatable bonds is 4. The summed E-state index contributed by atoms with van der Waals surface area (Å²) in [7, 11) is 0. The van der Waals surface area contributed by atoms with E-state index in [0.717, 1.165) is 0 Å². The van der Waals surface area contributed by atoms with Crippen LogP contribution in [-0.4, -0.2) is 18.3 Å². The molecular formula is C13H16BrF2NO3. The van der Waals surface area contributed by atoms with Crippen molar-refractivity contribution in [1.29, 1.82) is 0 Å². The quantitative estimate of drug-likeness (QED) is 0.889. The fourth-order valence-electron chi connectivity index (χ4n) is 1.38.